The molecule has 0 fully saturated rings. The van der Waals surface area contributed by atoms with Crippen LogP contribution in [0.3, 0.4) is 0 Å². The third-order valence-corrected chi connectivity index (χ3v) is 5.48. The number of fused-ring (bicyclic) bond motifs is 1. The molecular formula is C19H16Cl2N4O. The lowest BCUT2D eigenvalue weighted by atomic mass is 10.1. The smallest absolute Gasteiger partial charge is 0.256 e. The third kappa shape index (κ3) is 2.77. The highest BCUT2D eigenvalue weighted by Gasteiger charge is 2.32. The maximum absolute atomic E-state index is 13.0. The molecular weight excluding hydrogens is 371 g/mol. The Bertz CT molecular complexity index is 971. The van der Waals surface area contributed by atoms with E-state index in [0.29, 0.717) is 23.7 Å². The van der Waals surface area contributed by atoms with Gasteiger partial charge in [0.1, 0.15) is 0 Å². The molecule has 3 aromatic rings. The van der Waals surface area contributed by atoms with E-state index in [4.69, 9.17) is 23.2 Å². The van der Waals surface area contributed by atoms with E-state index in [1.165, 1.54) is 0 Å². The lowest BCUT2D eigenvalue weighted by Gasteiger charge is -2.34. The van der Waals surface area contributed by atoms with Crippen molar-refractivity contribution in [3.05, 3.63) is 70.0 Å². The summed E-state index contributed by atoms with van der Waals surface area (Å²) < 4.78 is 2.07. The van der Waals surface area contributed by atoms with Crippen molar-refractivity contribution in [3.8, 4) is 11.4 Å². The van der Waals surface area contributed by atoms with Crippen LogP contribution < -0.4 is 0 Å². The minimum absolute atomic E-state index is 0.152. The first-order valence-electron chi connectivity index (χ1n) is 8.31. The molecule has 0 aliphatic carbocycles. The molecule has 0 N–H and O–H groups in total. The lowest BCUT2D eigenvalue weighted by Crippen LogP contribution is -2.41. The number of carbonyl (C=O) groups is 1. The maximum Gasteiger partial charge on any atom is 0.256 e. The van der Waals surface area contributed by atoms with Crippen molar-refractivity contribution in [1.29, 1.82) is 0 Å². The van der Waals surface area contributed by atoms with Crippen molar-refractivity contribution in [2.45, 2.75) is 19.5 Å². The summed E-state index contributed by atoms with van der Waals surface area (Å²) in [6.07, 6.45) is 0. The van der Waals surface area contributed by atoms with Gasteiger partial charge in [0.05, 0.1) is 21.7 Å². The number of hydrogen-bond donors (Lipinski definition) is 0. The van der Waals surface area contributed by atoms with Crippen molar-refractivity contribution in [2.75, 3.05) is 6.54 Å². The molecule has 1 amide bonds. The van der Waals surface area contributed by atoms with Gasteiger partial charge in [-0.25, -0.2) is 0 Å². The summed E-state index contributed by atoms with van der Waals surface area (Å²) >= 11 is 12.3. The fourth-order valence-corrected chi connectivity index (χ4v) is 3.67. The van der Waals surface area contributed by atoms with Gasteiger partial charge >= 0.3 is 0 Å². The number of amides is 1. The zero-order chi connectivity index (χ0) is 18.3. The molecule has 5 nitrogen and oxygen atoms in total. The number of aromatic nitrogens is 3. The van der Waals surface area contributed by atoms with Gasteiger partial charge in [-0.2, -0.15) is 0 Å². The first kappa shape index (κ1) is 17.1. The number of nitrogens with zero attached hydrogens (tertiary/aromatic N) is 4. The van der Waals surface area contributed by atoms with Gasteiger partial charge in [-0.1, -0.05) is 59.6 Å². The van der Waals surface area contributed by atoms with Crippen LogP contribution in [0.5, 0.6) is 0 Å². The lowest BCUT2D eigenvalue weighted by molar-refractivity contribution is 0.0638. The SMILES string of the molecule is CC1c2nnc(-c3ccccc3)n2CCN1C(=O)c1cccc(Cl)c1Cl. The van der Waals surface area contributed by atoms with Gasteiger partial charge in [0.15, 0.2) is 11.6 Å². The van der Waals surface area contributed by atoms with Crippen LogP contribution in [0.25, 0.3) is 11.4 Å². The van der Waals surface area contributed by atoms with Crippen LogP contribution in [0.4, 0.5) is 0 Å². The Kier molecular flexibility index (Phi) is 4.42. The van der Waals surface area contributed by atoms with Gasteiger partial charge in [-0.3, -0.25) is 4.79 Å². The van der Waals surface area contributed by atoms with Gasteiger partial charge in [-0.05, 0) is 19.1 Å². The van der Waals surface area contributed by atoms with Crippen LogP contribution in [0.15, 0.2) is 48.5 Å². The van der Waals surface area contributed by atoms with Gasteiger partial charge in [0, 0.05) is 18.7 Å². The molecule has 1 aromatic heterocycles. The predicted octanol–water partition coefficient (Wildman–Crippen LogP) is 4.47. The van der Waals surface area contributed by atoms with E-state index in [2.05, 4.69) is 14.8 Å². The molecule has 4 rings (SSSR count). The van der Waals surface area contributed by atoms with Crippen LogP contribution >= 0.6 is 23.2 Å². The van der Waals surface area contributed by atoms with Gasteiger partial charge < -0.3 is 9.47 Å². The van der Waals surface area contributed by atoms with E-state index in [0.717, 1.165) is 17.2 Å². The highest BCUT2D eigenvalue weighted by Crippen LogP contribution is 2.32. The Morgan fingerprint density at radius 2 is 1.81 bits per heavy atom. The second-order valence-electron chi connectivity index (χ2n) is 6.18. The molecule has 0 spiro atoms. The normalized spacial score (nSPS) is 16.4. The molecule has 26 heavy (non-hydrogen) atoms. The Labute approximate surface area is 161 Å². The molecule has 0 radical (unpaired) electrons. The first-order valence-corrected chi connectivity index (χ1v) is 9.07. The number of halogens is 2. The van der Waals surface area contributed by atoms with Crippen LogP contribution in [0.2, 0.25) is 10.0 Å². The molecule has 2 aromatic carbocycles. The van der Waals surface area contributed by atoms with E-state index < -0.39 is 0 Å². The third-order valence-electron chi connectivity index (χ3n) is 4.66. The van der Waals surface area contributed by atoms with E-state index >= 15 is 0 Å². The van der Waals surface area contributed by atoms with E-state index in [-0.39, 0.29) is 17.0 Å². The summed E-state index contributed by atoms with van der Waals surface area (Å²) in [5.74, 6) is 1.43. The van der Waals surface area contributed by atoms with Crippen LogP contribution in [-0.2, 0) is 6.54 Å². The second kappa shape index (κ2) is 6.74. The van der Waals surface area contributed by atoms with Gasteiger partial charge in [0.25, 0.3) is 5.91 Å². The van der Waals surface area contributed by atoms with E-state index in [9.17, 15) is 4.79 Å². The second-order valence-corrected chi connectivity index (χ2v) is 6.96. The Morgan fingerprint density at radius 1 is 1.04 bits per heavy atom. The zero-order valence-corrected chi connectivity index (χ0v) is 15.6. The number of rotatable bonds is 2. The zero-order valence-electron chi connectivity index (χ0n) is 14.1. The van der Waals surface area contributed by atoms with Gasteiger partial charge in [0.2, 0.25) is 0 Å². The Morgan fingerprint density at radius 3 is 2.58 bits per heavy atom. The monoisotopic (exact) mass is 386 g/mol. The molecule has 1 aliphatic rings. The molecule has 0 saturated carbocycles. The van der Waals surface area contributed by atoms with Crippen molar-refractivity contribution >= 4 is 29.1 Å². The number of hydrogen-bond acceptors (Lipinski definition) is 3. The Hall–Kier alpha value is -2.37. The largest absolute Gasteiger partial charge is 0.327 e. The molecule has 1 atom stereocenters. The summed E-state index contributed by atoms with van der Waals surface area (Å²) in [6.45, 7) is 3.12. The maximum atomic E-state index is 13.0. The molecule has 132 valence electrons. The van der Waals surface area contributed by atoms with Crippen molar-refractivity contribution in [3.63, 3.8) is 0 Å². The highest BCUT2D eigenvalue weighted by atomic mass is 35.5. The minimum Gasteiger partial charge on any atom is -0.327 e. The average Bonchev–Trinajstić information content (AvgIpc) is 3.09. The number of carbonyl (C=O) groups excluding carboxylic acids is 1. The molecule has 0 saturated heterocycles. The summed E-state index contributed by atoms with van der Waals surface area (Å²) in [5.41, 5.74) is 1.42. The summed E-state index contributed by atoms with van der Waals surface area (Å²) in [6, 6.07) is 14.8. The topological polar surface area (TPSA) is 51.0 Å². The highest BCUT2D eigenvalue weighted by molar-refractivity contribution is 6.43. The quantitative estimate of drug-likeness (QED) is 0.652. The summed E-state index contributed by atoms with van der Waals surface area (Å²) in [5, 5.41) is 9.34. The van der Waals surface area contributed by atoms with Crippen LogP contribution in [0, 0.1) is 0 Å². The van der Waals surface area contributed by atoms with Crippen molar-refractivity contribution < 1.29 is 4.79 Å². The molecule has 7 heteroatoms. The fourth-order valence-electron chi connectivity index (χ4n) is 3.29. The molecule has 2 heterocycles. The van der Waals surface area contributed by atoms with Crippen molar-refractivity contribution in [2.24, 2.45) is 0 Å². The number of benzene rings is 2. The Balaban J connectivity index is 1.67. The summed E-state index contributed by atoms with van der Waals surface area (Å²) in [4.78, 5) is 14.8. The van der Waals surface area contributed by atoms with Crippen LogP contribution in [0.1, 0.15) is 29.1 Å². The van der Waals surface area contributed by atoms with Crippen molar-refractivity contribution in [1.82, 2.24) is 19.7 Å². The minimum atomic E-state index is -0.212. The molecule has 0 bridgehead atoms. The molecule has 1 unspecified atom stereocenters. The average molecular weight is 387 g/mol. The summed E-state index contributed by atoms with van der Waals surface area (Å²) in [7, 11) is 0. The molecule has 1 aliphatic heterocycles. The van der Waals surface area contributed by atoms with E-state index in [1.807, 2.05) is 37.3 Å². The fraction of sp³-hybridized carbons (Fsp3) is 0.211. The first-order chi connectivity index (χ1) is 12.6. The van der Waals surface area contributed by atoms with Crippen LogP contribution in [-0.4, -0.2) is 32.1 Å². The van der Waals surface area contributed by atoms with E-state index in [1.54, 1.807) is 23.1 Å². The predicted molar refractivity (Wildman–Crippen MR) is 101 cm³/mol. The standard InChI is InChI=1S/C19H16Cl2N4O/c1-12-17-22-23-18(13-6-3-2-4-7-13)25(17)11-10-24(12)19(26)14-8-5-9-15(20)16(14)21/h2-9,12H,10-11H2,1H3. The van der Waals surface area contributed by atoms with Gasteiger partial charge in [-0.15, -0.1) is 10.2 Å².